The van der Waals surface area contributed by atoms with E-state index >= 15 is 0 Å². The minimum atomic E-state index is -3.22. The summed E-state index contributed by atoms with van der Waals surface area (Å²) in [7, 11) is 0. The van der Waals surface area contributed by atoms with E-state index in [0.29, 0.717) is 12.6 Å². The molecule has 2 rings (SSSR count). The fraction of sp³-hybridized carbons (Fsp3) is 0.200. The number of aromatic nitrogens is 3. The van der Waals surface area contributed by atoms with Crippen LogP contribution >= 0.6 is 0 Å². The Labute approximate surface area is 89.5 Å². The van der Waals surface area contributed by atoms with E-state index in [0.717, 1.165) is 12.1 Å². The van der Waals surface area contributed by atoms with E-state index in [2.05, 4.69) is 10.3 Å². The molecule has 2 aromatic rings. The Kier molecular flexibility index (Phi) is 2.41. The quantitative estimate of drug-likeness (QED) is 0.789. The van der Waals surface area contributed by atoms with Gasteiger partial charge in [0.25, 0.3) is 5.92 Å². The molecule has 0 aliphatic carbocycles. The third kappa shape index (κ3) is 1.91. The van der Waals surface area contributed by atoms with Gasteiger partial charge in [-0.25, -0.2) is 17.9 Å². The van der Waals surface area contributed by atoms with Gasteiger partial charge in [0.05, 0.1) is 23.6 Å². The first-order valence-corrected chi connectivity index (χ1v) is 4.53. The van der Waals surface area contributed by atoms with Crippen molar-refractivity contribution in [3.8, 4) is 5.69 Å². The van der Waals surface area contributed by atoms with E-state index in [1.807, 2.05) is 0 Å². The summed E-state index contributed by atoms with van der Waals surface area (Å²) >= 11 is 0. The van der Waals surface area contributed by atoms with Gasteiger partial charge in [-0.3, -0.25) is 0 Å². The van der Waals surface area contributed by atoms with Crippen LogP contribution in [0.1, 0.15) is 12.5 Å². The monoisotopic (exact) mass is 227 g/mol. The summed E-state index contributed by atoms with van der Waals surface area (Å²) < 4.78 is 40.6. The van der Waals surface area contributed by atoms with Gasteiger partial charge in [0.2, 0.25) is 0 Å². The van der Waals surface area contributed by atoms with Crippen molar-refractivity contribution >= 4 is 0 Å². The highest BCUT2D eigenvalue weighted by Crippen LogP contribution is 2.30. The van der Waals surface area contributed by atoms with E-state index in [-0.39, 0.29) is 0 Å². The number of nitrogens with zero attached hydrogens (tertiary/aromatic N) is 3. The summed E-state index contributed by atoms with van der Waals surface area (Å²) in [6.45, 7) is 0.649. The van der Waals surface area contributed by atoms with Gasteiger partial charge in [-0.15, -0.1) is 5.10 Å². The zero-order chi connectivity index (χ0) is 11.8. The first kappa shape index (κ1) is 10.7. The van der Waals surface area contributed by atoms with Crippen LogP contribution in [-0.2, 0) is 5.92 Å². The molecule has 84 valence electrons. The second kappa shape index (κ2) is 3.62. The van der Waals surface area contributed by atoms with E-state index in [1.54, 1.807) is 0 Å². The summed E-state index contributed by atoms with van der Waals surface area (Å²) in [5.41, 5.74) is -0.309. The van der Waals surface area contributed by atoms with Crippen molar-refractivity contribution in [2.75, 3.05) is 0 Å². The van der Waals surface area contributed by atoms with Gasteiger partial charge in [0, 0.05) is 6.92 Å². The van der Waals surface area contributed by atoms with Crippen LogP contribution in [0, 0.1) is 5.82 Å². The molecule has 16 heavy (non-hydrogen) atoms. The lowest BCUT2D eigenvalue weighted by atomic mass is 10.1. The van der Waals surface area contributed by atoms with Crippen LogP contribution in [0.25, 0.3) is 5.69 Å². The van der Waals surface area contributed by atoms with Gasteiger partial charge >= 0.3 is 0 Å². The van der Waals surface area contributed by atoms with Gasteiger partial charge in [-0.2, -0.15) is 0 Å². The molecule has 1 aromatic heterocycles. The Morgan fingerprint density at radius 2 is 2.06 bits per heavy atom. The molecule has 0 unspecified atom stereocenters. The molecule has 0 saturated heterocycles. The molecule has 0 N–H and O–H groups in total. The van der Waals surface area contributed by atoms with Gasteiger partial charge in [0.1, 0.15) is 5.82 Å². The van der Waals surface area contributed by atoms with Gasteiger partial charge in [0.15, 0.2) is 0 Å². The summed E-state index contributed by atoms with van der Waals surface area (Å²) in [5.74, 6) is -4.16. The van der Waals surface area contributed by atoms with Crippen molar-refractivity contribution in [1.29, 1.82) is 0 Å². The lowest BCUT2D eigenvalue weighted by Gasteiger charge is -2.12. The van der Waals surface area contributed by atoms with Crippen molar-refractivity contribution in [3.63, 3.8) is 0 Å². The van der Waals surface area contributed by atoms with Crippen LogP contribution in [0.4, 0.5) is 13.2 Å². The Bertz CT molecular complexity index is 489. The summed E-state index contributed by atoms with van der Waals surface area (Å²) in [6, 6.07) is 3.41. The highest BCUT2D eigenvalue weighted by atomic mass is 19.3. The van der Waals surface area contributed by atoms with Crippen molar-refractivity contribution in [1.82, 2.24) is 15.0 Å². The van der Waals surface area contributed by atoms with Crippen molar-refractivity contribution in [3.05, 3.63) is 42.0 Å². The Morgan fingerprint density at radius 3 is 2.62 bits per heavy atom. The first-order chi connectivity index (χ1) is 7.48. The summed E-state index contributed by atoms with van der Waals surface area (Å²) in [4.78, 5) is 0. The third-order valence-corrected chi connectivity index (χ3v) is 2.11. The highest BCUT2D eigenvalue weighted by molar-refractivity contribution is 5.37. The van der Waals surface area contributed by atoms with Crippen LogP contribution in [0.15, 0.2) is 30.6 Å². The topological polar surface area (TPSA) is 30.7 Å². The number of benzene rings is 1. The smallest absolute Gasteiger partial charge is 0.221 e. The molecule has 0 fully saturated rings. The van der Waals surface area contributed by atoms with E-state index < -0.39 is 17.3 Å². The number of hydrogen-bond donors (Lipinski definition) is 0. The number of rotatable bonds is 2. The zero-order valence-corrected chi connectivity index (χ0v) is 8.36. The Balaban J connectivity index is 2.52. The van der Waals surface area contributed by atoms with Crippen molar-refractivity contribution in [2.24, 2.45) is 0 Å². The summed E-state index contributed by atoms with van der Waals surface area (Å²) in [5, 5.41) is 7.18. The largest absolute Gasteiger partial charge is 0.273 e. The van der Waals surface area contributed by atoms with Crippen LogP contribution in [0.5, 0.6) is 0 Å². The van der Waals surface area contributed by atoms with Crippen LogP contribution in [0.3, 0.4) is 0 Å². The maximum Gasteiger partial charge on any atom is 0.273 e. The molecule has 0 aliphatic rings. The molecule has 0 bridgehead atoms. The van der Waals surface area contributed by atoms with Gasteiger partial charge in [-0.1, -0.05) is 5.21 Å². The highest BCUT2D eigenvalue weighted by Gasteiger charge is 2.28. The van der Waals surface area contributed by atoms with Gasteiger partial charge in [-0.05, 0) is 18.2 Å². The maximum absolute atomic E-state index is 13.2. The molecule has 0 spiro atoms. The van der Waals surface area contributed by atoms with E-state index in [4.69, 9.17) is 0 Å². The number of alkyl halides is 2. The molecule has 1 aromatic carbocycles. The maximum atomic E-state index is 13.2. The van der Waals surface area contributed by atoms with Gasteiger partial charge < -0.3 is 0 Å². The zero-order valence-electron chi connectivity index (χ0n) is 8.36. The average molecular weight is 227 g/mol. The first-order valence-electron chi connectivity index (χ1n) is 4.53. The summed E-state index contributed by atoms with van der Waals surface area (Å²) in [6.07, 6.45) is 2.90. The lowest BCUT2D eigenvalue weighted by molar-refractivity contribution is 0.0137. The van der Waals surface area contributed by atoms with Crippen LogP contribution in [-0.4, -0.2) is 15.0 Å². The number of hydrogen-bond acceptors (Lipinski definition) is 2. The molecular weight excluding hydrogens is 219 g/mol. The fourth-order valence-electron chi connectivity index (χ4n) is 1.34. The van der Waals surface area contributed by atoms with E-state index in [1.165, 1.54) is 23.1 Å². The van der Waals surface area contributed by atoms with Crippen LogP contribution < -0.4 is 0 Å². The Morgan fingerprint density at radius 1 is 1.31 bits per heavy atom. The number of halogens is 3. The Hall–Kier alpha value is -1.85. The SMILES string of the molecule is CC(F)(F)c1cc(-n2ccnn2)ccc1F. The fourth-order valence-corrected chi connectivity index (χ4v) is 1.34. The molecule has 6 heteroatoms. The lowest BCUT2D eigenvalue weighted by Crippen LogP contribution is -2.11. The standard InChI is InChI=1S/C10H8F3N3/c1-10(12,13)8-6-7(2-3-9(8)11)16-5-4-14-15-16/h2-6H,1H3. The van der Waals surface area contributed by atoms with Crippen molar-refractivity contribution in [2.45, 2.75) is 12.8 Å². The van der Waals surface area contributed by atoms with E-state index in [9.17, 15) is 13.2 Å². The minimum absolute atomic E-state index is 0.343. The molecule has 1 heterocycles. The molecule has 0 amide bonds. The molecule has 0 atom stereocenters. The molecule has 0 radical (unpaired) electrons. The second-order valence-corrected chi connectivity index (χ2v) is 3.40. The predicted octanol–water partition coefficient (Wildman–Crippen LogP) is 2.52. The molecule has 0 saturated carbocycles. The molecular formula is C10H8F3N3. The van der Waals surface area contributed by atoms with Crippen molar-refractivity contribution < 1.29 is 13.2 Å². The van der Waals surface area contributed by atoms with Crippen LogP contribution in [0.2, 0.25) is 0 Å². The predicted molar refractivity (Wildman–Crippen MR) is 50.9 cm³/mol. The second-order valence-electron chi connectivity index (χ2n) is 3.40. The normalized spacial score (nSPS) is 11.8. The molecule has 0 aliphatic heterocycles. The average Bonchev–Trinajstić information content (AvgIpc) is 2.69. The molecule has 3 nitrogen and oxygen atoms in total. The minimum Gasteiger partial charge on any atom is -0.221 e. The third-order valence-electron chi connectivity index (χ3n) is 2.11.